The number of aldehydes is 1. The van der Waals surface area contributed by atoms with Gasteiger partial charge in [0.15, 0.2) is 0 Å². The first-order valence-corrected chi connectivity index (χ1v) is 5.37. The Morgan fingerprint density at radius 2 is 1.67 bits per heavy atom. The van der Waals surface area contributed by atoms with Crippen LogP contribution in [0.2, 0.25) is 0 Å². The topological polar surface area (TPSA) is 17.1 Å². The number of hydrogen-bond acceptors (Lipinski definition) is 1. The van der Waals surface area contributed by atoms with Crippen LogP contribution in [-0.2, 0) is 4.79 Å². The monoisotopic (exact) mass is 166 g/mol. The molecule has 12 heavy (non-hydrogen) atoms. The molecule has 3 unspecified atom stereocenters. The van der Waals surface area contributed by atoms with Gasteiger partial charge in [0.05, 0.1) is 0 Å². The van der Waals surface area contributed by atoms with Crippen molar-refractivity contribution in [1.29, 1.82) is 0 Å². The second-order valence-electron chi connectivity index (χ2n) is 4.44. The van der Waals surface area contributed by atoms with Crippen LogP contribution in [0.3, 0.4) is 0 Å². The SMILES string of the molecule is O=CC1CCCCC2CCCC12. The molecule has 2 fully saturated rings. The summed E-state index contributed by atoms with van der Waals surface area (Å²) in [6, 6.07) is 0. The fourth-order valence-corrected chi connectivity index (χ4v) is 3.16. The zero-order valence-electron chi connectivity index (χ0n) is 7.67. The van der Waals surface area contributed by atoms with E-state index in [9.17, 15) is 4.79 Å². The van der Waals surface area contributed by atoms with E-state index in [1.54, 1.807) is 0 Å². The largest absolute Gasteiger partial charge is 0.303 e. The summed E-state index contributed by atoms with van der Waals surface area (Å²) in [6.45, 7) is 0. The molecule has 1 heteroatoms. The Hall–Kier alpha value is -0.330. The van der Waals surface area contributed by atoms with Crippen molar-refractivity contribution in [3.8, 4) is 0 Å². The molecule has 0 heterocycles. The van der Waals surface area contributed by atoms with Gasteiger partial charge in [-0.1, -0.05) is 32.1 Å². The molecule has 0 spiro atoms. The first-order chi connectivity index (χ1) is 5.92. The third-order valence-corrected chi connectivity index (χ3v) is 3.80. The van der Waals surface area contributed by atoms with Crippen molar-refractivity contribution in [3.63, 3.8) is 0 Å². The summed E-state index contributed by atoms with van der Waals surface area (Å²) in [5, 5.41) is 0. The van der Waals surface area contributed by atoms with Gasteiger partial charge in [0.25, 0.3) is 0 Å². The molecule has 0 aromatic carbocycles. The molecule has 0 saturated heterocycles. The predicted molar refractivity (Wildman–Crippen MR) is 48.9 cm³/mol. The maximum atomic E-state index is 10.9. The summed E-state index contributed by atoms with van der Waals surface area (Å²) in [6.07, 6.45) is 10.6. The third-order valence-electron chi connectivity index (χ3n) is 3.80. The van der Waals surface area contributed by atoms with Crippen LogP contribution in [0.1, 0.15) is 44.9 Å². The number of fused-ring (bicyclic) bond motifs is 1. The number of rotatable bonds is 1. The van der Waals surface area contributed by atoms with Gasteiger partial charge >= 0.3 is 0 Å². The van der Waals surface area contributed by atoms with Crippen molar-refractivity contribution < 1.29 is 4.79 Å². The fourth-order valence-electron chi connectivity index (χ4n) is 3.16. The van der Waals surface area contributed by atoms with Gasteiger partial charge in [0.1, 0.15) is 6.29 Å². The van der Waals surface area contributed by atoms with Crippen molar-refractivity contribution in [1.82, 2.24) is 0 Å². The van der Waals surface area contributed by atoms with Gasteiger partial charge in [0.2, 0.25) is 0 Å². The van der Waals surface area contributed by atoms with Crippen molar-refractivity contribution in [2.45, 2.75) is 44.9 Å². The van der Waals surface area contributed by atoms with E-state index in [-0.39, 0.29) is 0 Å². The fraction of sp³-hybridized carbons (Fsp3) is 0.909. The molecule has 1 nitrogen and oxygen atoms in total. The lowest BCUT2D eigenvalue weighted by molar-refractivity contribution is -0.113. The molecule has 2 aliphatic carbocycles. The predicted octanol–water partition coefficient (Wildman–Crippen LogP) is 2.79. The molecule has 0 aromatic heterocycles. The smallest absolute Gasteiger partial charge is 0.123 e. The van der Waals surface area contributed by atoms with E-state index in [0.29, 0.717) is 5.92 Å². The molecule has 0 amide bonds. The lowest BCUT2D eigenvalue weighted by Crippen LogP contribution is -2.17. The maximum absolute atomic E-state index is 10.9. The second-order valence-corrected chi connectivity index (χ2v) is 4.44. The molecule has 0 aromatic rings. The Kier molecular flexibility index (Phi) is 2.48. The highest BCUT2D eigenvalue weighted by Gasteiger charge is 2.34. The van der Waals surface area contributed by atoms with E-state index in [0.717, 1.165) is 11.8 Å². The quantitative estimate of drug-likeness (QED) is 0.547. The van der Waals surface area contributed by atoms with Gasteiger partial charge in [0, 0.05) is 5.92 Å². The van der Waals surface area contributed by atoms with Gasteiger partial charge in [-0.2, -0.15) is 0 Å². The van der Waals surface area contributed by atoms with Crippen LogP contribution in [0.4, 0.5) is 0 Å². The number of carbonyl (C=O) groups excluding carboxylic acids is 1. The van der Waals surface area contributed by atoms with Gasteiger partial charge in [-0.05, 0) is 24.7 Å². The van der Waals surface area contributed by atoms with Crippen LogP contribution >= 0.6 is 0 Å². The van der Waals surface area contributed by atoms with Crippen molar-refractivity contribution in [3.05, 3.63) is 0 Å². The van der Waals surface area contributed by atoms with Crippen LogP contribution in [0, 0.1) is 17.8 Å². The molecular weight excluding hydrogens is 148 g/mol. The molecule has 3 atom stereocenters. The van der Waals surface area contributed by atoms with E-state index in [4.69, 9.17) is 0 Å². The maximum Gasteiger partial charge on any atom is 0.123 e. The Labute approximate surface area is 74.5 Å². The molecule has 0 N–H and O–H groups in total. The van der Waals surface area contributed by atoms with E-state index in [1.165, 1.54) is 51.2 Å². The van der Waals surface area contributed by atoms with Gasteiger partial charge in [-0.15, -0.1) is 0 Å². The number of hydrogen-bond donors (Lipinski definition) is 0. The Balaban J connectivity index is 2.07. The minimum Gasteiger partial charge on any atom is -0.303 e. The molecule has 0 bridgehead atoms. The van der Waals surface area contributed by atoms with Crippen LogP contribution in [-0.4, -0.2) is 6.29 Å². The summed E-state index contributed by atoms with van der Waals surface area (Å²) in [5.41, 5.74) is 0. The molecule has 0 radical (unpaired) electrons. The van der Waals surface area contributed by atoms with E-state index < -0.39 is 0 Å². The highest BCUT2D eigenvalue weighted by atomic mass is 16.1. The third kappa shape index (κ3) is 1.41. The van der Waals surface area contributed by atoms with E-state index in [1.807, 2.05) is 0 Å². The summed E-state index contributed by atoms with van der Waals surface area (Å²) in [4.78, 5) is 10.9. The lowest BCUT2D eigenvalue weighted by Gasteiger charge is -2.20. The molecule has 68 valence electrons. The Morgan fingerprint density at radius 1 is 0.917 bits per heavy atom. The molecule has 2 saturated carbocycles. The molecule has 2 rings (SSSR count). The van der Waals surface area contributed by atoms with Crippen LogP contribution < -0.4 is 0 Å². The summed E-state index contributed by atoms with van der Waals surface area (Å²) in [5.74, 6) is 2.09. The highest BCUT2D eigenvalue weighted by Crippen LogP contribution is 2.43. The average molecular weight is 166 g/mol. The molecular formula is C11H18O. The standard InChI is InChI=1S/C11H18O/c12-8-10-5-2-1-4-9-6-3-7-11(9)10/h8-11H,1-7H2. The van der Waals surface area contributed by atoms with E-state index >= 15 is 0 Å². The highest BCUT2D eigenvalue weighted by molar-refractivity contribution is 5.54. The number of carbonyl (C=O) groups is 1. The van der Waals surface area contributed by atoms with Gasteiger partial charge in [-0.25, -0.2) is 0 Å². The van der Waals surface area contributed by atoms with Crippen molar-refractivity contribution in [2.24, 2.45) is 17.8 Å². The van der Waals surface area contributed by atoms with Crippen LogP contribution in [0.25, 0.3) is 0 Å². The summed E-state index contributed by atoms with van der Waals surface area (Å²) in [7, 11) is 0. The normalized spacial score (nSPS) is 41.8. The molecule has 0 aliphatic heterocycles. The zero-order valence-corrected chi connectivity index (χ0v) is 7.67. The zero-order chi connectivity index (χ0) is 8.39. The average Bonchev–Trinajstić information content (AvgIpc) is 2.46. The van der Waals surface area contributed by atoms with E-state index in [2.05, 4.69) is 0 Å². The first kappa shape index (κ1) is 8.28. The van der Waals surface area contributed by atoms with Crippen molar-refractivity contribution in [2.75, 3.05) is 0 Å². The van der Waals surface area contributed by atoms with Crippen LogP contribution in [0.5, 0.6) is 0 Å². The Morgan fingerprint density at radius 3 is 2.50 bits per heavy atom. The minimum absolute atomic E-state index is 0.417. The lowest BCUT2D eigenvalue weighted by atomic mass is 9.84. The summed E-state index contributed by atoms with van der Waals surface area (Å²) >= 11 is 0. The first-order valence-electron chi connectivity index (χ1n) is 5.37. The van der Waals surface area contributed by atoms with Crippen LogP contribution in [0.15, 0.2) is 0 Å². The summed E-state index contributed by atoms with van der Waals surface area (Å²) < 4.78 is 0. The Bertz CT molecular complexity index is 164. The second kappa shape index (κ2) is 3.59. The van der Waals surface area contributed by atoms with Crippen molar-refractivity contribution >= 4 is 6.29 Å². The van der Waals surface area contributed by atoms with Gasteiger partial charge < -0.3 is 4.79 Å². The molecule has 2 aliphatic rings. The van der Waals surface area contributed by atoms with Gasteiger partial charge in [-0.3, -0.25) is 0 Å². The minimum atomic E-state index is 0.417.